The monoisotopic (exact) mass is 282 g/mol. The van der Waals surface area contributed by atoms with Crippen molar-refractivity contribution in [2.45, 2.75) is 20.8 Å². The fourth-order valence-electron chi connectivity index (χ4n) is 0.796. The van der Waals surface area contributed by atoms with Gasteiger partial charge in [0.15, 0.2) is 0 Å². The topological polar surface area (TPSA) is 78.9 Å². The summed E-state index contributed by atoms with van der Waals surface area (Å²) in [5.74, 6) is -1.86. The van der Waals surface area contributed by atoms with Gasteiger partial charge in [-0.2, -0.15) is 0 Å². The number of ether oxygens (including phenoxy) is 3. The first-order valence-electron chi connectivity index (χ1n) is 5.78. The molecule has 0 saturated heterocycles. The Morgan fingerprint density at radius 1 is 0.850 bits per heavy atom. The van der Waals surface area contributed by atoms with Crippen molar-refractivity contribution >= 4 is 17.9 Å². The standard InChI is InChI=1S/C14H18O6/c1-9(2)12(15)18-6-7-19-14(17)11(5)8-20-13(16)10(3)4/h8H,1,3,6-7H2,2,4-5H3. The summed E-state index contributed by atoms with van der Waals surface area (Å²) in [6, 6.07) is 0. The van der Waals surface area contributed by atoms with E-state index >= 15 is 0 Å². The molecule has 0 N–H and O–H groups in total. The zero-order chi connectivity index (χ0) is 15.7. The average Bonchev–Trinajstić information content (AvgIpc) is 2.39. The number of carbonyl (C=O) groups is 3. The largest absolute Gasteiger partial charge is 0.459 e. The molecule has 0 saturated carbocycles. The average molecular weight is 282 g/mol. The molecule has 0 rings (SSSR count). The molecule has 0 aromatic rings. The summed E-state index contributed by atoms with van der Waals surface area (Å²) in [7, 11) is 0. The predicted molar refractivity (Wildman–Crippen MR) is 71.4 cm³/mol. The van der Waals surface area contributed by atoms with E-state index in [1.807, 2.05) is 0 Å². The van der Waals surface area contributed by atoms with Gasteiger partial charge >= 0.3 is 17.9 Å². The van der Waals surface area contributed by atoms with Gasteiger partial charge in [-0.15, -0.1) is 0 Å². The van der Waals surface area contributed by atoms with Crippen molar-refractivity contribution in [1.29, 1.82) is 0 Å². The Balaban J connectivity index is 4.06. The highest BCUT2D eigenvalue weighted by Gasteiger charge is 2.09. The molecule has 0 radical (unpaired) electrons. The second kappa shape index (κ2) is 8.68. The van der Waals surface area contributed by atoms with Gasteiger partial charge in [-0.25, -0.2) is 14.4 Å². The zero-order valence-electron chi connectivity index (χ0n) is 11.9. The molecule has 6 heteroatoms. The second-order valence-electron chi connectivity index (χ2n) is 4.04. The summed E-state index contributed by atoms with van der Waals surface area (Å²) in [5.41, 5.74) is 0.582. The zero-order valence-corrected chi connectivity index (χ0v) is 11.9. The third kappa shape index (κ3) is 7.15. The Labute approximate surface area is 117 Å². The van der Waals surface area contributed by atoms with Crippen molar-refractivity contribution in [1.82, 2.24) is 0 Å². The highest BCUT2D eigenvalue weighted by atomic mass is 16.6. The lowest BCUT2D eigenvalue weighted by molar-refractivity contribution is -0.147. The highest BCUT2D eigenvalue weighted by Crippen LogP contribution is 2.00. The molecule has 0 aromatic heterocycles. The number of rotatable bonds is 7. The van der Waals surface area contributed by atoms with Crippen molar-refractivity contribution in [2.75, 3.05) is 13.2 Å². The van der Waals surface area contributed by atoms with Crippen LogP contribution in [0.5, 0.6) is 0 Å². The third-order valence-electron chi connectivity index (χ3n) is 1.91. The van der Waals surface area contributed by atoms with Crippen LogP contribution < -0.4 is 0 Å². The number of hydrogen-bond acceptors (Lipinski definition) is 6. The van der Waals surface area contributed by atoms with Crippen molar-refractivity contribution in [3.8, 4) is 0 Å². The van der Waals surface area contributed by atoms with Crippen LogP contribution in [0.1, 0.15) is 20.8 Å². The Bertz CT molecular complexity index is 458. The molecule has 0 spiro atoms. The van der Waals surface area contributed by atoms with Gasteiger partial charge in [-0.3, -0.25) is 0 Å². The molecule has 0 aliphatic heterocycles. The molecule has 0 heterocycles. The van der Waals surface area contributed by atoms with E-state index in [0.717, 1.165) is 6.26 Å². The predicted octanol–water partition coefficient (Wildman–Crippen LogP) is 1.67. The van der Waals surface area contributed by atoms with Gasteiger partial charge in [-0.1, -0.05) is 13.2 Å². The van der Waals surface area contributed by atoms with Crippen LogP contribution in [0.4, 0.5) is 0 Å². The minimum absolute atomic E-state index is 0.0731. The summed E-state index contributed by atoms with van der Waals surface area (Å²) in [6.07, 6.45) is 0.985. The van der Waals surface area contributed by atoms with Crippen molar-refractivity contribution < 1.29 is 28.6 Å². The van der Waals surface area contributed by atoms with E-state index in [-0.39, 0.29) is 29.9 Å². The maximum absolute atomic E-state index is 11.4. The Kier molecular flexibility index (Phi) is 7.65. The molecular weight excluding hydrogens is 264 g/mol. The molecule has 0 atom stereocenters. The maximum atomic E-state index is 11.4. The second-order valence-corrected chi connectivity index (χ2v) is 4.04. The van der Waals surface area contributed by atoms with Crippen molar-refractivity contribution in [3.63, 3.8) is 0 Å². The summed E-state index contributed by atoms with van der Waals surface area (Å²) >= 11 is 0. The van der Waals surface area contributed by atoms with Gasteiger partial charge in [0.05, 0.1) is 5.57 Å². The van der Waals surface area contributed by atoms with Crippen LogP contribution >= 0.6 is 0 Å². The molecule has 0 unspecified atom stereocenters. The molecule has 0 aliphatic rings. The van der Waals surface area contributed by atoms with Crippen molar-refractivity contribution in [2.24, 2.45) is 0 Å². The summed E-state index contributed by atoms with van der Waals surface area (Å²) in [6.45, 7) is 11.0. The lowest BCUT2D eigenvalue weighted by Gasteiger charge is -2.06. The lowest BCUT2D eigenvalue weighted by Crippen LogP contribution is -2.15. The van der Waals surface area contributed by atoms with Gasteiger partial charge in [0.25, 0.3) is 0 Å². The Hall–Kier alpha value is -2.37. The molecule has 0 amide bonds. The molecule has 0 aliphatic carbocycles. The normalized spacial score (nSPS) is 10.4. The third-order valence-corrected chi connectivity index (χ3v) is 1.91. The first kappa shape index (κ1) is 17.6. The van der Waals surface area contributed by atoms with Gasteiger partial charge in [0.2, 0.25) is 0 Å². The molecule has 20 heavy (non-hydrogen) atoms. The van der Waals surface area contributed by atoms with Crippen LogP contribution in [0, 0.1) is 0 Å². The van der Waals surface area contributed by atoms with Crippen molar-refractivity contribution in [3.05, 3.63) is 36.1 Å². The minimum Gasteiger partial charge on any atom is -0.459 e. The van der Waals surface area contributed by atoms with E-state index in [4.69, 9.17) is 9.47 Å². The number of hydrogen-bond donors (Lipinski definition) is 0. The first-order valence-corrected chi connectivity index (χ1v) is 5.78. The van der Waals surface area contributed by atoms with E-state index in [1.165, 1.54) is 20.8 Å². The molecule has 110 valence electrons. The van der Waals surface area contributed by atoms with Gasteiger partial charge in [0, 0.05) is 11.1 Å². The summed E-state index contributed by atoms with van der Waals surface area (Å²) < 4.78 is 14.2. The van der Waals surface area contributed by atoms with E-state index in [0.29, 0.717) is 0 Å². The minimum atomic E-state index is -0.675. The highest BCUT2D eigenvalue weighted by molar-refractivity contribution is 5.90. The van der Waals surface area contributed by atoms with Gasteiger partial charge in [0.1, 0.15) is 19.5 Å². The van der Waals surface area contributed by atoms with Crippen LogP contribution in [0.3, 0.4) is 0 Å². The number of esters is 3. The quantitative estimate of drug-likeness (QED) is 0.232. The van der Waals surface area contributed by atoms with Crippen LogP contribution in [0.2, 0.25) is 0 Å². The van der Waals surface area contributed by atoms with Gasteiger partial charge in [-0.05, 0) is 20.8 Å². The smallest absolute Gasteiger partial charge is 0.337 e. The first-order chi connectivity index (χ1) is 9.25. The fourth-order valence-corrected chi connectivity index (χ4v) is 0.796. The van der Waals surface area contributed by atoms with E-state index in [9.17, 15) is 14.4 Å². The molecule has 0 aromatic carbocycles. The lowest BCUT2D eigenvalue weighted by atomic mass is 10.3. The maximum Gasteiger partial charge on any atom is 0.337 e. The van der Waals surface area contributed by atoms with Crippen LogP contribution in [-0.2, 0) is 28.6 Å². The SMILES string of the molecule is C=C(C)C(=O)OC=C(C)C(=O)OCCOC(=O)C(=C)C. The van der Waals surface area contributed by atoms with Gasteiger partial charge < -0.3 is 14.2 Å². The van der Waals surface area contributed by atoms with E-state index < -0.39 is 17.9 Å². The van der Waals surface area contributed by atoms with Crippen LogP contribution in [0.15, 0.2) is 36.1 Å². The molecular formula is C14H18O6. The molecule has 0 fully saturated rings. The van der Waals surface area contributed by atoms with Crippen LogP contribution in [-0.4, -0.2) is 31.1 Å². The summed E-state index contributed by atoms with van der Waals surface area (Å²) in [4.78, 5) is 33.5. The van der Waals surface area contributed by atoms with E-state index in [2.05, 4.69) is 17.9 Å². The fraction of sp³-hybridized carbons (Fsp3) is 0.357. The Morgan fingerprint density at radius 2 is 1.30 bits per heavy atom. The number of carbonyl (C=O) groups excluding carboxylic acids is 3. The van der Waals surface area contributed by atoms with E-state index in [1.54, 1.807) is 0 Å². The molecule has 0 bridgehead atoms. The Morgan fingerprint density at radius 3 is 1.75 bits per heavy atom. The molecule has 6 nitrogen and oxygen atoms in total. The van der Waals surface area contributed by atoms with Crippen LogP contribution in [0.25, 0.3) is 0 Å². The summed E-state index contributed by atoms with van der Waals surface area (Å²) in [5, 5.41) is 0.